The second kappa shape index (κ2) is 11.6. The quantitative estimate of drug-likeness (QED) is 0.345. The molecule has 1 atom stereocenters. The van der Waals surface area contributed by atoms with Crippen molar-refractivity contribution in [2.24, 2.45) is 5.92 Å². The van der Waals surface area contributed by atoms with Gasteiger partial charge in [-0.15, -0.1) is 0 Å². The Bertz CT molecular complexity index is 699. The molecule has 0 aliphatic heterocycles. The van der Waals surface area contributed by atoms with E-state index in [1.807, 2.05) is 18.2 Å². The minimum Gasteiger partial charge on any atom is -0.459 e. The topological polar surface area (TPSA) is 50.1 Å². The zero-order valence-electron chi connectivity index (χ0n) is 17.1. The van der Waals surface area contributed by atoms with E-state index in [0.29, 0.717) is 23.8 Å². The van der Waals surface area contributed by atoms with Crippen LogP contribution >= 0.6 is 0 Å². The van der Waals surface area contributed by atoms with Crippen LogP contribution in [0, 0.1) is 17.2 Å². The maximum atomic E-state index is 12.9. The van der Waals surface area contributed by atoms with Gasteiger partial charge in [0.05, 0.1) is 5.56 Å². The molecule has 1 saturated carbocycles. The summed E-state index contributed by atoms with van der Waals surface area (Å²) in [6.07, 6.45) is 9.87. The van der Waals surface area contributed by atoms with Crippen LogP contribution in [0.5, 0.6) is 0 Å². The summed E-state index contributed by atoms with van der Waals surface area (Å²) in [5, 5.41) is 8.47. The fourth-order valence-electron chi connectivity index (χ4n) is 4.18. The van der Waals surface area contributed by atoms with Crippen LogP contribution in [0.1, 0.15) is 93.5 Å². The van der Waals surface area contributed by atoms with E-state index in [2.05, 4.69) is 19.9 Å². The van der Waals surface area contributed by atoms with Gasteiger partial charge in [-0.05, 0) is 80.9 Å². The van der Waals surface area contributed by atoms with Crippen molar-refractivity contribution < 1.29 is 13.9 Å². The van der Waals surface area contributed by atoms with Crippen molar-refractivity contribution in [3.05, 3.63) is 47.3 Å². The van der Waals surface area contributed by atoms with Gasteiger partial charge in [0, 0.05) is 0 Å². The highest BCUT2D eigenvalue weighted by atomic mass is 19.1. The third-order valence-corrected chi connectivity index (χ3v) is 5.81. The Morgan fingerprint density at radius 3 is 2.64 bits per heavy atom. The van der Waals surface area contributed by atoms with E-state index >= 15 is 0 Å². The highest BCUT2D eigenvalue weighted by molar-refractivity contribution is 5.91. The first-order valence-corrected chi connectivity index (χ1v) is 10.6. The van der Waals surface area contributed by atoms with Gasteiger partial charge in [0.15, 0.2) is 5.83 Å². The largest absolute Gasteiger partial charge is 0.459 e. The number of nitrogens with zero attached hydrogens (tertiary/aromatic N) is 1. The first-order chi connectivity index (χ1) is 13.6. The third-order valence-electron chi connectivity index (χ3n) is 5.81. The number of esters is 1. The van der Waals surface area contributed by atoms with E-state index in [1.165, 1.54) is 12.1 Å². The Kier molecular flexibility index (Phi) is 9.20. The van der Waals surface area contributed by atoms with Gasteiger partial charge < -0.3 is 4.74 Å². The minimum absolute atomic E-state index is 0.0110. The lowest BCUT2D eigenvalue weighted by Gasteiger charge is -2.29. The molecule has 28 heavy (non-hydrogen) atoms. The van der Waals surface area contributed by atoms with Crippen molar-refractivity contribution in [3.63, 3.8) is 0 Å². The Hall–Kier alpha value is -2.15. The number of hydrogen-bond donors (Lipinski definition) is 0. The minimum atomic E-state index is -0.686. The summed E-state index contributed by atoms with van der Waals surface area (Å²) in [6.45, 7) is 4.16. The highest BCUT2D eigenvalue weighted by Gasteiger charge is 2.26. The molecule has 1 unspecified atom stereocenters. The van der Waals surface area contributed by atoms with Crippen molar-refractivity contribution in [2.75, 3.05) is 0 Å². The van der Waals surface area contributed by atoms with Crippen LogP contribution in [0.15, 0.2) is 36.2 Å². The molecule has 0 spiro atoms. The summed E-state index contributed by atoms with van der Waals surface area (Å²) in [5.74, 6) is 0.0505. The van der Waals surface area contributed by atoms with E-state index < -0.39 is 5.83 Å². The van der Waals surface area contributed by atoms with Crippen molar-refractivity contribution >= 4 is 5.97 Å². The zero-order valence-corrected chi connectivity index (χ0v) is 17.1. The van der Waals surface area contributed by atoms with Crippen LogP contribution < -0.4 is 0 Å². The van der Waals surface area contributed by atoms with Crippen LogP contribution in [0.3, 0.4) is 0 Å². The molecule has 0 saturated heterocycles. The lowest BCUT2D eigenvalue weighted by molar-refractivity contribution is 0.0269. The van der Waals surface area contributed by atoms with E-state index in [9.17, 15) is 9.18 Å². The van der Waals surface area contributed by atoms with Gasteiger partial charge in [0.1, 0.15) is 12.2 Å². The molecule has 0 aromatic heterocycles. The Balaban J connectivity index is 1.96. The summed E-state index contributed by atoms with van der Waals surface area (Å²) in [7, 11) is 0. The molecule has 4 heteroatoms. The van der Waals surface area contributed by atoms with Crippen molar-refractivity contribution in [2.45, 2.75) is 83.7 Å². The number of hydrogen-bond acceptors (Lipinski definition) is 3. The van der Waals surface area contributed by atoms with Crippen molar-refractivity contribution in [1.82, 2.24) is 0 Å². The van der Waals surface area contributed by atoms with Gasteiger partial charge in [-0.2, -0.15) is 9.65 Å². The standard InChI is InChI=1S/C24H32FNO2/c1-3-8-21(4-2)28-24(27)23-12-6-5-11-22(23)19-15-13-18(14-16-19)9-7-10-20(25)17-26/h5-6,10-12,18-19,21H,3-4,7-9,13-16H2,1-2H3/t18-,19-,21?. The summed E-state index contributed by atoms with van der Waals surface area (Å²) < 4.78 is 18.7. The Morgan fingerprint density at radius 2 is 2.00 bits per heavy atom. The molecule has 1 aromatic rings. The van der Waals surface area contributed by atoms with Gasteiger partial charge >= 0.3 is 5.97 Å². The predicted octanol–water partition coefficient (Wildman–Crippen LogP) is 6.85. The molecule has 0 amide bonds. The average molecular weight is 386 g/mol. The molecule has 1 aromatic carbocycles. The summed E-state index contributed by atoms with van der Waals surface area (Å²) in [6, 6.07) is 9.38. The zero-order chi connectivity index (χ0) is 20.4. The number of carbonyl (C=O) groups excluding carboxylic acids is 1. The first-order valence-electron chi connectivity index (χ1n) is 10.6. The molecule has 0 N–H and O–H groups in total. The Labute approximate surface area is 168 Å². The number of ether oxygens (including phenoxy) is 1. The summed E-state index contributed by atoms with van der Waals surface area (Å²) in [4.78, 5) is 12.8. The maximum absolute atomic E-state index is 12.9. The second-order valence-corrected chi connectivity index (χ2v) is 7.77. The van der Waals surface area contributed by atoms with Gasteiger partial charge in [0.25, 0.3) is 0 Å². The number of nitriles is 1. The van der Waals surface area contributed by atoms with Crippen LogP contribution in [-0.4, -0.2) is 12.1 Å². The molecule has 152 valence electrons. The van der Waals surface area contributed by atoms with Crippen molar-refractivity contribution in [1.29, 1.82) is 5.26 Å². The molecule has 3 nitrogen and oxygen atoms in total. The number of halogens is 1. The first kappa shape index (κ1) is 22.1. The number of carbonyl (C=O) groups is 1. The number of rotatable bonds is 9. The lowest BCUT2D eigenvalue weighted by atomic mass is 9.76. The SMILES string of the molecule is CCCC(CC)OC(=O)c1ccccc1[C@H]1CC[C@H](CCC=C(F)C#N)CC1. The highest BCUT2D eigenvalue weighted by Crippen LogP contribution is 2.39. The monoisotopic (exact) mass is 385 g/mol. The van der Waals surface area contributed by atoms with Crippen LogP contribution in [0.25, 0.3) is 0 Å². The molecule has 1 fully saturated rings. The fraction of sp³-hybridized carbons (Fsp3) is 0.583. The van der Waals surface area contributed by atoms with Gasteiger partial charge in [-0.3, -0.25) is 0 Å². The molecule has 1 aliphatic rings. The number of allylic oxidation sites excluding steroid dienone is 2. The predicted molar refractivity (Wildman–Crippen MR) is 110 cm³/mol. The van der Waals surface area contributed by atoms with Crippen LogP contribution in [-0.2, 0) is 4.74 Å². The third kappa shape index (κ3) is 6.48. The molecule has 2 rings (SSSR count). The van der Waals surface area contributed by atoms with E-state index in [1.54, 1.807) is 0 Å². The molecule has 1 aliphatic carbocycles. The Morgan fingerprint density at radius 1 is 1.29 bits per heavy atom. The maximum Gasteiger partial charge on any atom is 0.338 e. The number of benzene rings is 1. The fourth-order valence-corrected chi connectivity index (χ4v) is 4.18. The second-order valence-electron chi connectivity index (χ2n) is 7.77. The normalized spacial score (nSPS) is 21.0. The van der Waals surface area contributed by atoms with Crippen molar-refractivity contribution in [3.8, 4) is 6.07 Å². The van der Waals surface area contributed by atoms with Gasteiger partial charge in [-0.1, -0.05) is 38.5 Å². The van der Waals surface area contributed by atoms with Gasteiger partial charge in [0.2, 0.25) is 0 Å². The van der Waals surface area contributed by atoms with E-state index in [4.69, 9.17) is 10.00 Å². The molecule has 0 radical (unpaired) electrons. The van der Waals surface area contributed by atoms with Crippen LogP contribution in [0.2, 0.25) is 0 Å². The molecular formula is C24H32FNO2. The molecule has 0 heterocycles. The lowest BCUT2D eigenvalue weighted by Crippen LogP contribution is -2.20. The average Bonchev–Trinajstić information content (AvgIpc) is 2.73. The molecule has 0 bridgehead atoms. The van der Waals surface area contributed by atoms with Gasteiger partial charge in [-0.25, -0.2) is 4.79 Å². The molecular weight excluding hydrogens is 353 g/mol. The van der Waals surface area contributed by atoms with E-state index in [-0.39, 0.29) is 12.1 Å². The van der Waals surface area contributed by atoms with Crippen LogP contribution in [0.4, 0.5) is 4.39 Å². The smallest absolute Gasteiger partial charge is 0.338 e. The summed E-state index contributed by atoms with van der Waals surface area (Å²) >= 11 is 0. The summed E-state index contributed by atoms with van der Waals surface area (Å²) in [5.41, 5.74) is 1.81. The van der Waals surface area contributed by atoms with E-state index in [0.717, 1.165) is 56.9 Å².